The molecular weight excluding hydrogens is 794 g/mol. The normalized spacial score (nSPS) is 12.2. The van der Waals surface area contributed by atoms with Gasteiger partial charge in [-0.05, 0) is 93.3 Å². The van der Waals surface area contributed by atoms with Crippen molar-refractivity contribution in [1.29, 1.82) is 0 Å². The van der Waals surface area contributed by atoms with Crippen molar-refractivity contribution in [1.82, 2.24) is 19.9 Å². The molecule has 288 valence electrons. The SMILES string of the molecule is C=Cc1cccc(-c2c3nc(c4cc(C(C)(C)C)cc(c4O)c4ccc5ccc6ccc(nc6c5n4)c4cc(C(C)(C)C)cc(c4O)c4ccc2[n-]4)C=C3)c1.[Co].[Co]. The number of aromatic hydroxyl groups is 2. The summed E-state index contributed by atoms with van der Waals surface area (Å²) in [6.07, 6.45) is 5.77. The van der Waals surface area contributed by atoms with Gasteiger partial charge in [-0.3, -0.25) is 0 Å². The largest absolute Gasteiger partial charge is 0.657 e. The van der Waals surface area contributed by atoms with E-state index in [-0.39, 0.29) is 55.9 Å². The molecule has 0 amide bonds. The van der Waals surface area contributed by atoms with Crippen LogP contribution < -0.4 is 4.98 Å². The molecule has 0 saturated carbocycles. The summed E-state index contributed by atoms with van der Waals surface area (Å²) < 4.78 is 0. The van der Waals surface area contributed by atoms with E-state index in [1.54, 1.807) is 0 Å². The van der Waals surface area contributed by atoms with Crippen molar-refractivity contribution in [2.45, 2.75) is 52.4 Å². The van der Waals surface area contributed by atoms with Gasteiger partial charge in [0.1, 0.15) is 11.5 Å². The van der Waals surface area contributed by atoms with Gasteiger partial charge in [0.05, 0.1) is 33.5 Å². The number of benzene rings is 4. The quantitative estimate of drug-likeness (QED) is 0.169. The first kappa shape index (κ1) is 39.7. The molecule has 0 saturated heterocycles. The zero-order valence-corrected chi connectivity index (χ0v) is 34.6. The van der Waals surface area contributed by atoms with Gasteiger partial charge in [0.2, 0.25) is 0 Å². The maximum Gasteiger partial charge on any atom is 0.134 e. The van der Waals surface area contributed by atoms with Gasteiger partial charge in [0.15, 0.2) is 0 Å². The minimum Gasteiger partial charge on any atom is -0.657 e. The monoisotopic (exact) mass is 835 g/mol. The molecule has 4 aromatic carbocycles. The molecule has 0 fully saturated rings. The van der Waals surface area contributed by atoms with Crippen LogP contribution in [0.2, 0.25) is 0 Å². The molecule has 8 aromatic rings. The Labute approximate surface area is 352 Å². The number of nitrogens with zero attached hydrogens (tertiary/aromatic N) is 4. The molecule has 8 heteroatoms. The third kappa shape index (κ3) is 6.86. The maximum absolute atomic E-state index is 12.2. The van der Waals surface area contributed by atoms with E-state index in [9.17, 15) is 10.2 Å². The van der Waals surface area contributed by atoms with Crippen molar-refractivity contribution >= 4 is 83.6 Å². The van der Waals surface area contributed by atoms with Gasteiger partial charge in [-0.2, -0.15) is 0 Å². The fraction of sp³-hybridized carbons (Fsp3) is 0.163. The standard InChI is InChI=1S/C49H41N4O2.2Co/c1-8-27-10-9-11-30(22-27)43-41-20-18-37(50-41)33-23-31(48(2,3)4)25-35(46(33)54)39-16-14-28-12-13-29-15-17-40(53-45(29)44(28)52-39)36-26-32(49(5,6)7)24-34(47(36)55)38-19-21-42(43)51-38;;/h8-26H,1H2,2-7H3,(H2-,50,51,52,53,54,55);;/q-1;;. The molecule has 4 aromatic heterocycles. The summed E-state index contributed by atoms with van der Waals surface area (Å²) in [6, 6.07) is 32.3. The summed E-state index contributed by atoms with van der Waals surface area (Å²) in [5.74, 6) is 0.215. The summed E-state index contributed by atoms with van der Waals surface area (Å²) in [4.78, 5) is 20.9. The van der Waals surface area contributed by atoms with Gasteiger partial charge in [0.25, 0.3) is 0 Å². The van der Waals surface area contributed by atoms with Gasteiger partial charge in [0, 0.05) is 65.9 Å². The smallest absolute Gasteiger partial charge is 0.134 e. The molecule has 6 nitrogen and oxygen atoms in total. The average Bonchev–Trinajstić information content (AvgIpc) is 3.84. The molecule has 1 aliphatic rings. The van der Waals surface area contributed by atoms with Crippen molar-refractivity contribution in [3.05, 3.63) is 132 Å². The zero-order chi connectivity index (χ0) is 38.4. The molecule has 0 unspecified atom stereocenters. The van der Waals surface area contributed by atoms with Crippen LogP contribution in [-0.2, 0) is 44.4 Å². The minimum absolute atomic E-state index is 0. The van der Waals surface area contributed by atoms with Crippen LogP contribution in [0.3, 0.4) is 0 Å². The number of phenolic OH excluding ortho intramolecular Hbond substituents is 2. The number of fused-ring (bicyclic) bond motifs is 14. The minimum atomic E-state index is -0.235. The van der Waals surface area contributed by atoms with Crippen LogP contribution in [0, 0.1) is 0 Å². The van der Waals surface area contributed by atoms with Crippen LogP contribution in [0.4, 0.5) is 0 Å². The topological polar surface area (TPSA) is 93.2 Å². The first-order valence-corrected chi connectivity index (χ1v) is 18.6. The molecule has 5 heterocycles. The summed E-state index contributed by atoms with van der Waals surface area (Å²) in [5, 5.41) is 28.7. The molecule has 1 aliphatic heterocycles. The van der Waals surface area contributed by atoms with Gasteiger partial charge in [-0.25, -0.2) is 15.0 Å². The Morgan fingerprint density at radius 2 is 1.07 bits per heavy atom. The van der Waals surface area contributed by atoms with Crippen LogP contribution >= 0.6 is 0 Å². The van der Waals surface area contributed by atoms with E-state index >= 15 is 0 Å². The van der Waals surface area contributed by atoms with Gasteiger partial charge < -0.3 is 15.2 Å². The summed E-state index contributed by atoms with van der Waals surface area (Å²) >= 11 is 0. The van der Waals surface area contributed by atoms with Crippen LogP contribution in [-0.4, -0.2) is 25.2 Å². The fourth-order valence-electron chi connectivity index (χ4n) is 7.53. The number of pyridine rings is 2. The number of phenols is 2. The van der Waals surface area contributed by atoms with Crippen molar-refractivity contribution < 1.29 is 43.8 Å². The predicted molar refractivity (Wildman–Crippen MR) is 230 cm³/mol. The third-order valence-corrected chi connectivity index (χ3v) is 10.8. The second-order valence-corrected chi connectivity index (χ2v) is 16.6. The Kier molecular flexibility index (Phi) is 10.1. The van der Waals surface area contributed by atoms with Crippen LogP contribution in [0.1, 0.15) is 69.6 Å². The van der Waals surface area contributed by atoms with E-state index in [2.05, 4.69) is 54.2 Å². The summed E-state index contributed by atoms with van der Waals surface area (Å²) in [6.45, 7) is 17.0. The summed E-state index contributed by atoms with van der Waals surface area (Å²) in [5.41, 5.74) is 9.70. The Morgan fingerprint density at radius 3 is 1.65 bits per heavy atom. The van der Waals surface area contributed by atoms with Crippen molar-refractivity contribution in [3.8, 4) is 22.6 Å². The Morgan fingerprint density at radius 1 is 0.561 bits per heavy atom. The van der Waals surface area contributed by atoms with E-state index in [0.717, 1.165) is 38.6 Å². The molecule has 9 rings (SSSR count). The van der Waals surface area contributed by atoms with Crippen molar-refractivity contribution in [3.63, 3.8) is 0 Å². The predicted octanol–water partition coefficient (Wildman–Crippen LogP) is 12.2. The van der Waals surface area contributed by atoms with E-state index < -0.39 is 0 Å². The molecule has 2 N–H and O–H groups in total. The number of aromatic nitrogens is 4. The molecule has 0 spiro atoms. The van der Waals surface area contributed by atoms with Crippen LogP contribution in [0.15, 0.2) is 104 Å². The Hall–Kier alpha value is -5.52. The van der Waals surface area contributed by atoms with Crippen molar-refractivity contribution in [2.24, 2.45) is 0 Å². The van der Waals surface area contributed by atoms with Crippen LogP contribution in [0.5, 0.6) is 11.5 Å². The fourth-order valence-corrected chi connectivity index (χ4v) is 7.53. The Bertz CT molecular complexity index is 3110. The summed E-state index contributed by atoms with van der Waals surface area (Å²) in [7, 11) is 0. The zero-order valence-electron chi connectivity index (χ0n) is 32.5. The number of rotatable bonds is 2. The molecular formula is C49H41Co2N4O2-. The number of hydrogen-bond acceptors (Lipinski definition) is 5. The second-order valence-electron chi connectivity index (χ2n) is 16.6. The van der Waals surface area contributed by atoms with Crippen LogP contribution in [0.25, 0.3) is 94.8 Å². The molecule has 57 heavy (non-hydrogen) atoms. The van der Waals surface area contributed by atoms with E-state index in [1.807, 2.05) is 109 Å². The maximum atomic E-state index is 12.2. The van der Waals surface area contributed by atoms with E-state index in [1.165, 1.54) is 0 Å². The molecule has 12 bridgehead atoms. The average molecular weight is 836 g/mol. The third-order valence-electron chi connectivity index (χ3n) is 10.8. The number of hydrogen-bond donors (Lipinski definition) is 2. The first-order valence-electron chi connectivity index (χ1n) is 18.6. The van der Waals surface area contributed by atoms with Gasteiger partial charge in [-0.1, -0.05) is 109 Å². The Balaban J connectivity index is 0.00000248. The van der Waals surface area contributed by atoms with Gasteiger partial charge in [-0.15, -0.1) is 11.0 Å². The van der Waals surface area contributed by atoms with E-state index in [4.69, 9.17) is 19.9 Å². The second kappa shape index (κ2) is 14.5. The molecule has 0 aliphatic carbocycles. The van der Waals surface area contributed by atoms with E-state index in [0.29, 0.717) is 66.0 Å². The van der Waals surface area contributed by atoms with Gasteiger partial charge >= 0.3 is 0 Å². The molecule has 2 radical (unpaired) electrons. The molecule has 0 atom stereocenters. The van der Waals surface area contributed by atoms with Crippen molar-refractivity contribution in [2.75, 3.05) is 0 Å². The first-order chi connectivity index (χ1) is 26.3.